The highest BCUT2D eigenvalue weighted by atomic mass is 35.5. The van der Waals surface area contributed by atoms with Gasteiger partial charge < -0.3 is 39.0 Å². The molecule has 4 aliphatic heterocycles. The van der Waals surface area contributed by atoms with E-state index >= 15 is 0 Å². The van der Waals surface area contributed by atoms with Crippen molar-refractivity contribution in [1.29, 1.82) is 0 Å². The molecule has 0 radical (unpaired) electrons. The lowest BCUT2D eigenvalue weighted by Gasteiger charge is -2.50. The fourth-order valence-corrected chi connectivity index (χ4v) is 20.5. The van der Waals surface area contributed by atoms with E-state index in [9.17, 15) is 32.4 Å². The molecule has 500 valence electrons. The maximum absolute atomic E-state index is 14.2. The number of fused-ring (bicyclic) bond motifs is 8. The standard InChI is InChI=1S/C37H49ClN2O5S.C36H47ClN2O6S/c1-25-8-6-17-37(44-4,18-19-41)32-13-10-29(32)22-40-23-36(16-7-9-27-20-30(38)12-14-31(27)36)24-45-34-15-11-28(21-33(34)40)35(42)39(3)46(5,43)26(25)2;1-24-7-5-16-36(44-4,17-18-40)31-12-9-28(31)21-39-22-35(15-6-8-26-19-29(37)11-13-30(26)35)23-45-33-14-10-27(20-32(33)39)34(41)38(3)46(42,43)25(24)2/h6,11-12,14-15,17,20-21,25-26,29,32,41H,5,7-10,13,16,18-19,22-24H2,1-4H3;5,10-11,13-14,16,19-20,24-25,28,31,40H,6-9,12,15,17-18,21-23H2,1-4H3/b17-6+;16-5+/t25-,26+,29-,32+,36-,37-,46?;24-,25+,28-,31+,35-,36+/m00/s1. The van der Waals surface area contributed by atoms with E-state index in [1.807, 2.05) is 56.3 Å². The Bertz CT molecular complexity index is 3460. The third-order valence-corrected chi connectivity index (χ3v) is 28.7. The van der Waals surface area contributed by atoms with Crippen molar-refractivity contribution in [3.63, 3.8) is 0 Å². The number of rotatable bonds is 6. The smallest absolute Gasteiger partial charge is 0.267 e. The maximum Gasteiger partial charge on any atom is 0.267 e. The minimum Gasteiger partial charge on any atom is -0.490 e. The van der Waals surface area contributed by atoms with Crippen LogP contribution in [0.2, 0.25) is 10.0 Å². The molecule has 2 N–H and O–H groups in total. The third kappa shape index (κ3) is 12.7. The number of sulfonamides is 1. The molecule has 0 saturated heterocycles. The van der Waals surface area contributed by atoms with Crippen molar-refractivity contribution in [2.75, 3.05) is 90.7 Å². The van der Waals surface area contributed by atoms with Crippen molar-refractivity contribution in [3.8, 4) is 11.5 Å². The summed E-state index contributed by atoms with van der Waals surface area (Å²) >= 11 is 12.9. The van der Waals surface area contributed by atoms with Crippen LogP contribution in [0.4, 0.5) is 11.4 Å². The molecule has 4 heterocycles. The number of carbonyl (C=O) groups is 2. The summed E-state index contributed by atoms with van der Waals surface area (Å²) in [4.78, 5) is 32.6. The molecular formula is C73H96Cl2N4O11S2. The highest BCUT2D eigenvalue weighted by molar-refractivity contribution is 7.99. The minimum absolute atomic E-state index is 0.00524. The number of methoxy groups -OCH3 is 2. The monoisotopic (exact) mass is 1340 g/mol. The lowest BCUT2D eigenvalue weighted by molar-refractivity contribution is -0.0865. The van der Waals surface area contributed by atoms with Crippen LogP contribution in [0.15, 0.2) is 97.1 Å². The molecule has 12 rings (SSSR count). The normalized spacial score (nSPS) is 34.3. The Hall–Kier alpha value is -5.11. The van der Waals surface area contributed by atoms with Crippen LogP contribution >= 0.6 is 23.2 Å². The molecule has 8 aliphatic rings. The fourth-order valence-electron chi connectivity index (χ4n) is 16.8. The first-order chi connectivity index (χ1) is 43.9. The maximum atomic E-state index is 14.2. The van der Waals surface area contributed by atoms with Crippen molar-refractivity contribution in [3.05, 3.63) is 141 Å². The SMILES string of the molecule is C=S1(=O)[C@H](C)[C@@H](C)C/C=C/[C@@](CCO)(OC)[C@@H]2CC[C@H]2CN2C[C@@]3(CCCc4cc(Cl)ccc43)COc3ccc(cc32)C(=O)N1C.CO[C@@]1(CCO)/C=C/C[C@H](C)[C@@H](C)S(=O)(=O)N(C)C(=O)c2ccc3c(c2)N(C[C@@H]2CC[C@H]21)C[C@@]1(CCCc2cc(Cl)ccc21)CO3. The van der Waals surface area contributed by atoms with Gasteiger partial charge in [0.2, 0.25) is 10.0 Å². The topological polar surface area (TPSA) is 176 Å². The Morgan fingerprint density at radius 1 is 0.609 bits per heavy atom. The van der Waals surface area contributed by atoms with E-state index in [1.165, 1.54) is 33.6 Å². The number of aryl methyl sites for hydroxylation is 2. The summed E-state index contributed by atoms with van der Waals surface area (Å²) in [7, 11) is -0.462. The second-order valence-electron chi connectivity index (χ2n) is 28.2. The number of allylic oxidation sites excluding steroid dienone is 2. The third-order valence-electron chi connectivity index (χ3n) is 23.2. The molecule has 2 amide bonds. The molecule has 4 aromatic carbocycles. The number of nitrogens with zero attached hydrogens (tertiary/aromatic N) is 4. The Balaban J connectivity index is 0.000000188. The van der Waals surface area contributed by atoms with Crippen LogP contribution in [-0.2, 0) is 52.9 Å². The second kappa shape index (κ2) is 27.2. The van der Waals surface area contributed by atoms with E-state index in [0.717, 1.165) is 115 Å². The van der Waals surface area contributed by atoms with Gasteiger partial charge in [0.1, 0.15) is 11.5 Å². The number of hydrogen-bond donors (Lipinski definition) is 2. The zero-order valence-electron chi connectivity index (χ0n) is 55.0. The number of hydrogen-bond acceptors (Lipinski definition) is 13. The molecular weight excluding hydrogens is 1240 g/mol. The van der Waals surface area contributed by atoms with Gasteiger partial charge in [0.05, 0.1) is 50.7 Å². The van der Waals surface area contributed by atoms with Gasteiger partial charge in [-0.3, -0.25) is 13.9 Å². The second-order valence-corrected chi connectivity index (χ2v) is 34.0. The van der Waals surface area contributed by atoms with Crippen molar-refractivity contribution in [1.82, 2.24) is 8.61 Å². The van der Waals surface area contributed by atoms with E-state index in [0.29, 0.717) is 68.2 Å². The highest BCUT2D eigenvalue weighted by Gasteiger charge is 2.51. The first-order valence-corrected chi connectivity index (χ1v) is 37.3. The van der Waals surface area contributed by atoms with Gasteiger partial charge in [0.15, 0.2) is 0 Å². The van der Waals surface area contributed by atoms with Gasteiger partial charge in [-0.1, -0.05) is 73.5 Å². The number of aliphatic hydroxyl groups excluding tert-OH is 2. The number of aliphatic hydroxyl groups is 2. The summed E-state index contributed by atoms with van der Waals surface area (Å²) in [6, 6.07) is 23.4. The number of carbonyl (C=O) groups excluding carboxylic acids is 2. The number of amides is 2. The van der Waals surface area contributed by atoms with Crippen molar-refractivity contribution < 1.29 is 51.4 Å². The average Bonchev–Trinajstić information content (AvgIpc) is 1.42. The van der Waals surface area contributed by atoms with E-state index in [-0.39, 0.29) is 64.8 Å². The predicted octanol–water partition coefficient (Wildman–Crippen LogP) is 12.3. The Morgan fingerprint density at radius 3 is 1.46 bits per heavy atom. The molecule has 4 bridgehead atoms. The molecule has 2 saturated carbocycles. The van der Waals surface area contributed by atoms with Gasteiger partial charge in [-0.2, -0.15) is 0 Å². The fraction of sp³-hybridized carbons (Fsp3) is 0.575. The zero-order valence-corrected chi connectivity index (χ0v) is 58.2. The van der Waals surface area contributed by atoms with Crippen molar-refractivity contribution in [2.45, 2.75) is 150 Å². The lowest BCUT2D eigenvalue weighted by atomic mass is 9.63. The van der Waals surface area contributed by atoms with Crippen LogP contribution in [0.3, 0.4) is 0 Å². The Labute approximate surface area is 557 Å². The number of ether oxygens (including phenoxy) is 4. The van der Waals surface area contributed by atoms with E-state index < -0.39 is 42.1 Å². The molecule has 1 unspecified atom stereocenters. The van der Waals surface area contributed by atoms with Crippen LogP contribution in [0.25, 0.3) is 0 Å². The van der Waals surface area contributed by atoms with Gasteiger partial charge in [0, 0.05) is 118 Å². The number of halogens is 2. The van der Waals surface area contributed by atoms with Gasteiger partial charge in [-0.05, 0) is 215 Å². The summed E-state index contributed by atoms with van der Waals surface area (Å²) in [5.41, 5.74) is 5.76. The Kier molecular flexibility index (Phi) is 20.2. The molecule has 0 aromatic heterocycles. The summed E-state index contributed by atoms with van der Waals surface area (Å²) in [5.74, 6) is 5.43. The molecule has 2 spiro atoms. The van der Waals surface area contributed by atoms with E-state index in [1.54, 1.807) is 40.3 Å². The summed E-state index contributed by atoms with van der Waals surface area (Å²) < 4.78 is 69.7. The predicted molar refractivity (Wildman–Crippen MR) is 369 cm³/mol. The van der Waals surface area contributed by atoms with Crippen LogP contribution in [0.1, 0.15) is 148 Å². The molecule has 19 heteroatoms. The van der Waals surface area contributed by atoms with Crippen LogP contribution in [0.5, 0.6) is 11.5 Å². The molecule has 4 aromatic rings. The van der Waals surface area contributed by atoms with Gasteiger partial charge >= 0.3 is 0 Å². The van der Waals surface area contributed by atoms with Gasteiger partial charge in [-0.25, -0.2) is 16.9 Å². The largest absolute Gasteiger partial charge is 0.490 e. The van der Waals surface area contributed by atoms with E-state index in [4.69, 9.17) is 42.1 Å². The van der Waals surface area contributed by atoms with Crippen molar-refractivity contribution in [2.24, 2.45) is 35.5 Å². The quantitative estimate of drug-likeness (QED) is 0.138. The molecule has 92 heavy (non-hydrogen) atoms. The number of benzene rings is 4. The molecule has 4 aliphatic carbocycles. The number of anilines is 2. The van der Waals surface area contributed by atoms with Crippen LogP contribution in [-0.4, -0.2) is 152 Å². The summed E-state index contributed by atoms with van der Waals surface area (Å²) in [6.45, 7) is 11.5. The highest BCUT2D eigenvalue weighted by Crippen LogP contribution is 2.53. The summed E-state index contributed by atoms with van der Waals surface area (Å²) in [5, 5.41) is 20.8. The Morgan fingerprint density at radius 2 is 1.04 bits per heavy atom. The van der Waals surface area contributed by atoms with Crippen LogP contribution < -0.4 is 19.3 Å². The van der Waals surface area contributed by atoms with Crippen molar-refractivity contribution >= 4 is 72.0 Å². The molecule has 2 fully saturated rings. The summed E-state index contributed by atoms with van der Waals surface area (Å²) in [6.07, 6.45) is 20.5. The lowest BCUT2D eigenvalue weighted by Crippen LogP contribution is -2.53. The van der Waals surface area contributed by atoms with Crippen LogP contribution in [0, 0.1) is 35.5 Å². The van der Waals surface area contributed by atoms with Gasteiger partial charge in [0.25, 0.3) is 11.8 Å². The molecule has 13 atom stereocenters. The first-order valence-electron chi connectivity index (χ1n) is 33.3. The van der Waals surface area contributed by atoms with Gasteiger partial charge in [-0.15, -0.1) is 0 Å². The zero-order chi connectivity index (χ0) is 65.7. The average molecular weight is 1340 g/mol. The first kappa shape index (κ1) is 68.3. The van der Waals surface area contributed by atoms with E-state index in [2.05, 4.69) is 65.1 Å². The minimum atomic E-state index is -3.95. The molecule has 15 nitrogen and oxygen atoms in total.